The molecule has 1 aromatic rings. The second-order valence-corrected chi connectivity index (χ2v) is 9.74. The van der Waals surface area contributed by atoms with Crippen LogP contribution in [-0.4, -0.2) is 46.0 Å². The molecule has 26 heavy (non-hydrogen) atoms. The average molecular weight is 516 g/mol. The molecular weight excluding hydrogens is 485 g/mol. The van der Waals surface area contributed by atoms with Crippen molar-refractivity contribution < 1.29 is 8.42 Å². The van der Waals surface area contributed by atoms with Gasteiger partial charge in [0, 0.05) is 30.9 Å². The van der Waals surface area contributed by atoms with Crippen LogP contribution >= 0.6 is 35.6 Å². The van der Waals surface area contributed by atoms with E-state index < -0.39 is 9.84 Å². The van der Waals surface area contributed by atoms with E-state index in [4.69, 9.17) is 11.6 Å². The zero-order valence-electron chi connectivity index (χ0n) is 16.0. The Labute approximate surface area is 180 Å². The minimum absolute atomic E-state index is 0. The SMILES string of the molecule is CCNC(=NCC(C)(C)CCS(C)(=O)=O)NCCc1ccc(Cl)cc1.I. The molecule has 0 heterocycles. The first-order chi connectivity index (χ1) is 11.6. The Bertz CT molecular complexity index is 662. The number of nitrogens with zero attached hydrogens (tertiary/aromatic N) is 1. The predicted octanol–water partition coefficient (Wildman–Crippen LogP) is 3.52. The van der Waals surface area contributed by atoms with Crippen LogP contribution in [0.4, 0.5) is 0 Å². The first-order valence-electron chi connectivity index (χ1n) is 8.56. The van der Waals surface area contributed by atoms with Crippen molar-refractivity contribution in [2.24, 2.45) is 10.4 Å². The van der Waals surface area contributed by atoms with Crippen molar-refractivity contribution in [3.8, 4) is 0 Å². The summed E-state index contributed by atoms with van der Waals surface area (Å²) in [4.78, 5) is 4.61. The standard InChI is InChI=1S/C18H30ClN3O2S.HI/c1-5-20-17(21-12-10-15-6-8-16(19)9-7-15)22-14-18(2,3)11-13-25(4,23)24;/h6-9H,5,10-14H2,1-4H3,(H2,20,21,22);1H. The number of benzene rings is 1. The summed E-state index contributed by atoms with van der Waals surface area (Å²) in [5.41, 5.74) is 1.04. The van der Waals surface area contributed by atoms with E-state index in [0.717, 1.165) is 30.5 Å². The topological polar surface area (TPSA) is 70.6 Å². The summed E-state index contributed by atoms with van der Waals surface area (Å²) in [6.45, 7) is 8.20. The molecule has 0 unspecified atom stereocenters. The number of hydrogen-bond donors (Lipinski definition) is 2. The van der Waals surface area contributed by atoms with Gasteiger partial charge in [-0.1, -0.05) is 37.6 Å². The molecule has 0 aliphatic carbocycles. The van der Waals surface area contributed by atoms with Gasteiger partial charge >= 0.3 is 0 Å². The maximum absolute atomic E-state index is 11.3. The molecule has 0 spiro atoms. The quantitative estimate of drug-likeness (QED) is 0.300. The van der Waals surface area contributed by atoms with Crippen LogP contribution in [0.1, 0.15) is 32.8 Å². The van der Waals surface area contributed by atoms with Gasteiger partial charge in [-0.3, -0.25) is 4.99 Å². The van der Waals surface area contributed by atoms with Crippen LogP contribution < -0.4 is 10.6 Å². The third kappa shape index (κ3) is 12.0. The molecule has 1 aromatic carbocycles. The van der Waals surface area contributed by atoms with Crippen LogP contribution in [0.5, 0.6) is 0 Å². The summed E-state index contributed by atoms with van der Waals surface area (Å²) in [6.07, 6.45) is 2.74. The highest BCUT2D eigenvalue weighted by Gasteiger charge is 2.20. The second-order valence-electron chi connectivity index (χ2n) is 7.04. The fraction of sp³-hybridized carbons (Fsp3) is 0.611. The lowest BCUT2D eigenvalue weighted by molar-refractivity contribution is 0.365. The third-order valence-corrected chi connectivity index (χ3v) is 4.98. The number of halogens is 2. The summed E-state index contributed by atoms with van der Waals surface area (Å²) in [7, 11) is -2.94. The molecule has 0 aliphatic heterocycles. The van der Waals surface area contributed by atoms with E-state index in [2.05, 4.69) is 15.6 Å². The Hall–Kier alpha value is -0.540. The van der Waals surface area contributed by atoms with Crippen LogP contribution in [-0.2, 0) is 16.3 Å². The molecule has 0 saturated carbocycles. The van der Waals surface area contributed by atoms with E-state index in [1.165, 1.54) is 11.8 Å². The summed E-state index contributed by atoms with van der Waals surface area (Å²) in [6, 6.07) is 7.81. The molecule has 150 valence electrons. The lowest BCUT2D eigenvalue weighted by atomic mass is 9.90. The van der Waals surface area contributed by atoms with Gasteiger partial charge in [-0.15, -0.1) is 24.0 Å². The highest BCUT2D eigenvalue weighted by Crippen LogP contribution is 2.21. The number of rotatable bonds is 9. The van der Waals surface area contributed by atoms with Gasteiger partial charge in [0.05, 0.1) is 5.75 Å². The summed E-state index contributed by atoms with van der Waals surface area (Å²) < 4.78 is 22.7. The van der Waals surface area contributed by atoms with Gasteiger partial charge in [-0.05, 0) is 42.9 Å². The van der Waals surface area contributed by atoms with Crippen LogP contribution in [0.25, 0.3) is 0 Å². The lowest BCUT2D eigenvalue weighted by Crippen LogP contribution is -2.39. The number of guanidine groups is 1. The lowest BCUT2D eigenvalue weighted by Gasteiger charge is -2.22. The van der Waals surface area contributed by atoms with Crippen molar-refractivity contribution in [1.29, 1.82) is 0 Å². The van der Waals surface area contributed by atoms with Crippen LogP contribution in [0.15, 0.2) is 29.3 Å². The van der Waals surface area contributed by atoms with Gasteiger partial charge in [-0.25, -0.2) is 8.42 Å². The average Bonchev–Trinajstić information content (AvgIpc) is 2.52. The Kier molecular flexibility index (Phi) is 11.8. The fourth-order valence-corrected chi connectivity index (χ4v) is 3.20. The molecule has 0 aromatic heterocycles. The molecule has 5 nitrogen and oxygen atoms in total. The zero-order valence-corrected chi connectivity index (χ0v) is 19.9. The number of sulfone groups is 1. The van der Waals surface area contributed by atoms with Crippen molar-refractivity contribution in [2.45, 2.75) is 33.6 Å². The summed E-state index contributed by atoms with van der Waals surface area (Å²) in [5.74, 6) is 0.944. The number of aliphatic imine (C=N–C) groups is 1. The summed E-state index contributed by atoms with van der Waals surface area (Å²) in [5, 5.41) is 7.28. The second kappa shape index (κ2) is 12.0. The highest BCUT2D eigenvalue weighted by atomic mass is 127. The normalized spacial score (nSPS) is 12.4. The largest absolute Gasteiger partial charge is 0.357 e. The van der Waals surface area contributed by atoms with Crippen molar-refractivity contribution >= 4 is 51.4 Å². The molecule has 0 aliphatic rings. The molecule has 0 atom stereocenters. The van der Waals surface area contributed by atoms with Crippen molar-refractivity contribution in [1.82, 2.24) is 10.6 Å². The fourth-order valence-electron chi connectivity index (χ4n) is 2.15. The first-order valence-corrected chi connectivity index (χ1v) is 11.0. The Morgan fingerprint density at radius 2 is 1.81 bits per heavy atom. The van der Waals surface area contributed by atoms with Gasteiger partial charge in [-0.2, -0.15) is 0 Å². The monoisotopic (exact) mass is 515 g/mol. The van der Waals surface area contributed by atoms with Gasteiger partial charge in [0.15, 0.2) is 5.96 Å². The molecule has 1 rings (SSSR count). The Morgan fingerprint density at radius 1 is 1.19 bits per heavy atom. The van der Waals surface area contributed by atoms with Gasteiger partial charge in [0.1, 0.15) is 9.84 Å². The number of nitrogens with one attached hydrogen (secondary N) is 2. The van der Waals surface area contributed by atoms with E-state index in [-0.39, 0.29) is 35.1 Å². The molecular formula is C18H31ClIN3O2S. The summed E-state index contributed by atoms with van der Waals surface area (Å²) >= 11 is 5.89. The minimum Gasteiger partial charge on any atom is -0.357 e. The Morgan fingerprint density at radius 3 is 2.35 bits per heavy atom. The van der Waals surface area contributed by atoms with E-state index in [1.54, 1.807) is 0 Å². The molecule has 0 fully saturated rings. The van der Waals surface area contributed by atoms with Gasteiger partial charge in [0.2, 0.25) is 0 Å². The van der Waals surface area contributed by atoms with Crippen LogP contribution in [0, 0.1) is 5.41 Å². The molecule has 2 N–H and O–H groups in total. The predicted molar refractivity (Wildman–Crippen MR) is 123 cm³/mol. The molecule has 0 bridgehead atoms. The van der Waals surface area contributed by atoms with Gasteiger partial charge in [0.25, 0.3) is 0 Å². The van der Waals surface area contributed by atoms with E-state index in [0.29, 0.717) is 13.0 Å². The van der Waals surface area contributed by atoms with Crippen LogP contribution in [0.2, 0.25) is 5.02 Å². The zero-order chi connectivity index (χ0) is 18.9. The van der Waals surface area contributed by atoms with E-state index in [1.807, 2.05) is 45.0 Å². The van der Waals surface area contributed by atoms with Crippen LogP contribution in [0.3, 0.4) is 0 Å². The number of hydrogen-bond acceptors (Lipinski definition) is 3. The smallest absolute Gasteiger partial charge is 0.191 e. The third-order valence-electron chi connectivity index (χ3n) is 3.78. The van der Waals surface area contributed by atoms with Crippen molar-refractivity contribution in [2.75, 3.05) is 31.6 Å². The molecule has 0 radical (unpaired) electrons. The van der Waals surface area contributed by atoms with E-state index >= 15 is 0 Å². The van der Waals surface area contributed by atoms with Gasteiger partial charge < -0.3 is 10.6 Å². The Balaban J connectivity index is 0.00000625. The maximum Gasteiger partial charge on any atom is 0.191 e. The highest BCUT2D eigenvalue weighted by molar-refractivity contribution is 14.0. The first kappa shape index (κ1) is 25.5. The molecule has 0 amide bonds. The van der Waals surface area contributed by atoms with E-state index in [9.17, 15) is 8.42 Å². The molecule has 8 heteroatoms. The minimum atomic E-state index is -2.94. The maximum atomic E-state index is 11.3. The molecule has 0 saturated heterocycles. The van der Waals surface area contributed by atoms with Crippen molar-refractivity contribution in [3.05, 3.63) is 34.9 Å². The van der Waals surface area contributed by atoms with Crippen molar-refractivity contribution in [3.63, 3.8) is 0 Å².